The van der Waals surface area contributed by atoms with Gasteiger partial charge in [-0.15, -0.1) is 0 Å². The third-order valence-electron chi connectivity index (χ3n) is 3.97. The maximum atomic E-state index is 12.0. The highest BCUT2D eigenvalue weighted by molar-refractivity contribution is 5.99. The highest BCUT2D eigenvalue weighted by Crippen LogP contribution is 2.14. The number of aliphatic carboxylic acids is 1. The molecule has 8 nitrogen and oxygen atoms in total. The smallest absolute Gasteiger partial charge is 0.341 e. The van der Waals surface area contributed by atoms with E-state index in [2.05, 4.69) is 10.5 Å². The van der Waals surface area contributed by atoms with Crippen molar-refractivity contribution in [2.24, 2.45) is 5.10 Å². The minimum Gasteiger partial charge on any atom is -0.482 e. The van der Waals surface area contributed by atoms with Crippen molar-refractivity contribution in [1.82, 2.24) is 10.3 Å². The molecular weight excluding hydrogens is 338 g/mol. The van der Waals surface area contributed by atoms with Gasteiger partial charge in [-0.25, -0.2) is 10.2 Å². The lowest BCUT2D eigenvalue weighted by atomic mass is 10.1. The second kappa shape index (κ2) is 9.55. The SMILES string of the molecule is C/C(=N/NC(=O)CN1CCCCCC1=O)c1cccc(OCC(=O)O)c1. The lowest BCUT2D eigenvalue weighted by Gasteiger charge is -2.19. The highest BCUT2D eigenvalue weighted by atomic mass is 16.5. The molecule has 0 aliphatic carbocycles. The molecule has 1 aliphatic heterocycles. The summed E-state index contributed by atoms with van der Waals surface area (Å²) in [7, 11) is 0. The summed E-state index contributed by atoms with van der Waals surface area (Å²) in [4.78, 5) is 36.1. The van der Waals surface area contributed by atoms with E-state index in [4.69, 9.17) is 9.84 Å². The van der Waals surface area contributed by atoms with E-state index in [0.717, 1.165) is 19.3 Å². The lowest BCUT2D eigenvalue weighted by molar-refractivity contribution is -0.139. The van der Waals surface area contributed by atoms with Crippen LogP contribution in [0.4, 0.5) is 0 Å². The van der Waals surface area contributed by atoms with Gasteiger partial charge in [-0.05, 0) is 31.9 Å². The Morgan fingerprint density at radius 2 is 2.12 bits per heavy atom. The minimum absolute atomic E-state index is 0.00151. The molecule has 0 spiro atoms. The van der Waals surface area contributed by atoms with Crippen molar-refractivity contribution in [2.45, 2.75) is 32.6 Å². The summed E-state index contributed by atoms with van der Waals surface area (Å²) in [6.07, 6.45) is 3.26. The van der Waals surface area contributed by atoms with Gasteiger partial charge in [-0.1, -0.05) is 18.6 Å². The molecule has 140 valence electrons. The number of likely N-dealkylation sites (tertiary alicyclic amines) is 1. The molecule has 0 saturated carbocycles. The lowest BCUT2D eigenvalue weighted by Crippen LogP contribution is -2.39. The summed E-state index contributed by atoms with van der Waals surface area (Å²) in [6.45, 7) is 1.88. The van der Waals surface area contributed by atoms with Gasteiger partial charge < -0.3 is 14.7 Å². The zero-order valence-corrected chi connectivity index (χ0v) is 14.7. The number of rotatable bonds is 7. The number of hydrogen-bond donors (Lipinski definition) is 2. The molecule has 1 heterocycles. The fraction of sp³-hybridized carbons (Fsp3) is 0.444. The number of hydrogen-bond acceptors (Lipinski definition) is 5. The Balaban J connectivity index is 1.92. The Hall–Kier alpha value is -2.90. The molecule has 0 atom stereocenters. The van der Waals surface area contributed by atoms with Gasteiger partial charge in [-0.2, -0.15) is 5.10 Å². The second-order valence-electron chi connectivity index (χ2n) is 6.07. The number of carbonyl (C=O) groups is 3. The maximum Gasteiger partial charge on any atom is 0.341 e. The van der Waals surface area contributed by atoms with Crippen LogP contribution in [0.3, 0.4) is 0 Å². The molecule has 1 aromatic rings. The zero-order chi connectivity index (χ0) is 18.9. The number of carboxylic acids is 1. The molecule has 2 rings (SSSR count). The first-order chi connectivity index (χ1) is 12.5. The largest absolute Gasteiger partial charge is 0.482 e. The Morgan fingerprint density at radius 3 is 2.88 bits per heavy atom. The number of nitrogens with one attached hydrogen (secondary N) is 1. The van der Waals surface area contributed by atoms with Gasteiger partial charge in [0.2, 0.25) is 5.91 Å². The average molecular weight is 361 g/mol. The highest BCUT2D eigenvalue weighted by Gasteiger charge is 2.19. The van der Waals surface area contributed by atoms with Crippen molar-refractivity contribution >= 4 is 23.5 Å². The molecular formula is C18H23N3O5. The van der Waals surface area contributed by atoms with Crippen LogP contribution in [0, 0.1) is 0 Å². The summed E-state index contributed by atoms with van der Waals surface area (Å²) < 4.78 is 5.12. The fourth-order valence-corrected chi connectivity index (χ4v) is 2.58. The van der Waals surface area contributed by atoms with Crippen LogP contribution in [-0.4, -0.2) is 53.2 Å². The summed E-state index contributed by atoms with van der Waals surface area (Å²) in [5.41, 5.74) is 3.70. The van der Waals surface area contributed by atoms with E-state index >= 15 is 0 Å². The van der Waals surface area contributed by atoms with Gasteiger partial charge in [-0.3, -0.25) is 9.59 Å². The van der Waals surface area contributed by atoms with Crippen molar-refractivity contribution in [3.8, 4) is 5.75 Å². The monoisotopic (exact) mass is 361 g/mol. The van der Waals surface area contributed by atoms with E-state index in [1.54, 1.807) is 36.1 Å². The predicted octanol–water partition coefficient (Wildman–Crippen LogP) is 1.39. The molecule has 1 saturated heterocycles. The van der Waals surface area contributed by atoms with Crippen molar-refractivity contribution in [1.29, 1.82) is 0 Å². The van der Waals surface area contributed by atoms with E-state index in [1.165, 1.54) is 0 Å². The molecule has 2 N–H and O–H groups in total. The zero-order valence-electron chi connectivity index (χ0n) is 14.7. The molecule has 0 unspecified atom stereocenters. The van der Waals surface area contributed by atoms with Gasteiger partial charge in [0.25, 0.3) is 5.91 Å². The molecule has 2 amide bonds. The van der Waals surface area contributed by atoms with E-state index in [9.17, 15) is 14.4 Å². The standard InChI is InChI=1S/C18H23N3O5/c1-13(14-6-5-7-15(10-14)26-12-18(24)25)19-20-16(22)11-21-9-4-2-3-8-17(21)23/h5-7,10H,2-4,8-9,11-12H2,1H3,(H,20,22)(H,24,25)/b19-13-. The van der Waals surface area contributed by atoms with E-state index in [0.29, 0.717) is 30.0 Å². The van der Waals surface area contributed by atoms with Crippen LogP contribution >= 0.6 is 0 Å². The normalized spacial score (nSPS) is 15.3. The average Bonchev–Trinajstić information content (AvgIpc) is 2.82. The minimum atomic E-state index is -1.06. The Labute approximate surface area is 151 Å². The van der Waals surface area contributed by atoms with E-state index in [-0.39, 0.29) is 18.4 Å². The van der Waals surface area contributed by atoms with E-state index in [1.807, 2.05) is 0 Å². The topological polar surface area (TPSA) is 108 Å². The first-order valence-corrected chi connectivity index (χ1v) is 8.51. The van der Waals surface area contributed by atoms with Gasteiger partial charge in [0, 0.05) is 18.5 Å². The van der Waals surface area contributed by atoms with Crippen molar-refractivity contribution in [3.63, 3.8) is 0 Å². The number of carbonyl (C=O) groups excluding carboxylic acids is 2. The van der Waals surface area contributed by atoms with Gasteiger partial charge >= 0.3 is 5.97 Å². The maximum absolute atomic E-state index is 12.0. The van der Waals surface area contributed by atoms with Crippen LogP contribution in [-0.2, 0) is 14.4 Å². The van der Waals surface area contributed by atoms with Crippen LogP contribution in [0.25, 0.3) is 0 Å². The van der Waals surface area contributed by atoms with E-state index < -0.39 is 12.6 Å². The molecule has 26 heavy (non-hydrogen) atoms. The molecule has 1 aliphatic rings. The fourth-order valence-electron chi connectivity index (χ4n) is 2.58. The van der Waals surface area contributed by atoms with Crippen LogP contribution in [0.2, 0.25) is 0 Å². The molecule has 0 radical (unpaired) electrons. The number of carboxylic acid groups (broad SMARTS) is 1. The first-order valence-electron chi connectivity index (χ1n) is 8.51. The van der Waals surface area contributed by atoms with Gasteiger partial charge in [0.05, 0.1) is 5.71 Å². The molecule has 1 fully saturated rings. The molecule has 0 aromatic heterocycles. The van der Waals surface area contributed by atoms with Crippen LogP contribution in [0.15, 0.2) is 29.4 Å². The van der Waals surface area contributed by atoms with Gasteiger partial charge in [0.1, 0.15) is 12.3 Å². The Morgan fingerprint density at radius 1 is 1.31 bits per heavy atom. The summed E-state index contributed by atoms with van der Waals surface area (Å²) in [5.74, 6) is -1.00. The third kappa shape index (κ3) is 6.19. The van der Waals surface area contributed by atoms with Crippen LogP contribution < -0.4 is 10.2 Å². The van der Waals surface area contributed by atoms with Crippen molar-refractivity contribution in [3.05, 3.63) is 29.8 Å². The number of nitrogens with zero attached hydrogens (tertiary/aromatic N) is 2. The summed E-state index contributed by atoms with van der Waals surface area (Å²) in [5, 5.41) is 12.7. The Kier molecular flexibility index (Phi) is 7.13. The summed E-state index contributed by atoms with van der Waals surface area (Å²) >= 11 is 0. The third-order valence-corrected chi connectivity index (χ3v) is 3.97. The predicted molar refractivity (Wildman–Crippen MR) is 95.0 cm³/mol. The molecule has 0 bridgehead atoms. The van der Waals surface area contributed by atoms with Crippen molar-refractivity contribution in [2.75, 3.05) is 19.7 Å². The number of amides is 2. The van der Waals surface area contributed by atoms with Gasteiger partial charge in [0.15, 0.2) is 6.61 Å². The van der Waals surface area contributed by atoms with Crippen LogP contribution in [0.5, 0.6) is 5.75 Å². The first kappa shape index (κ1) is 19.4. The molecule has 1 aromatic carbocycles. The molecule has 8 heteroatoms. The number of hydrazone groups is 1. The van der Waals surface area contributed by atoms with Crippen LogP contribution in [0.1, 0.15) is 38.2 Å². The number of ether oxygens (including phenoxy) is 1. The quantitative estimate of drug-likeness (QED) is 0.564. The summed E-state index contributed by atoms with van der Waals surface area (Å²) in [6, 6.07) is 6.77. The second-order valence-corrected chi connectivity index (χ2v) is 6.07. The number of benzene rings is 1. The van der Waals surface area contributed by atoms with Crippen molar-refractivity contribution < 1.29 is 24.2 Å². The Bertz CT molecular complexity index is 702.